The number of benzene rings is 1. The predicted octanol–water partition coefficient (Wildman–Crippen LogP) is 2.19. The molecule has 0 unspecified atom stereocenters. The lowest BCUT2D eigenvalue weighted by molar-refractivity contribution is 0.594. The summed E-state index contributed by atoms with van der Waals surface area (Å²) in [5, 5.41) is 0. The fraction of sp³-hybridized carbons (Fsp3) is 0.600. The van der Waals surface area contributed by atoms with Gasteiger partial charge in [-0.3, -0.25) is 0 Å². The molecule has 1 aliphatic rings. The van der Waals surface area contributed by atoms with Gasteiger partial charge in [-0.05, 0) is 44.4 Å². The van der Waals surface area contributed by atoms with Gasteiger partial charge in [0.2, 0.25) is 0 Å². The maximum Gasteiger partial charge on any atom is 0.180 e. The molecule has 5 heteroatoms. The van der Waals surface area contributed by atoms with Crippen LogP contribution in [0.2, 0.25) is 0 Å². The topological polar surface area (TPSA) is 63.4 Å². The second-order valence-electron chi connectivity index (χ2n) is 5.35. The molecule has 20 heavy (non-hydrogen) atoms. The molecule has 4 nitrogen and oxygen atoms in total. The Morgan fingerprint density at radius 3 is 2.60 bits per heavy atom. The molecule has 1 fully saturated rings. The molecule has 1 saturated carbocycles. The van der Waals surface area contributed by atoms with Gasteiger partial charge in [-0.15, -0.1) is 0 Å². The number of rotatable bonds is 8. The van der Waals surface area contributed by atoms with E-state index in [-0.39, 0.29) is 5.75 Å². The van der Waals surface area contributed by atoms with E-state index in [1.54, 1.807) is 12.1 Å². The van der Waals surface area contributed by atoms with E-state index in [9.17, 15) is 8.42 Å². The summed E-state index contributed by atoms with van der Waals surface area (Å²) in [7, 11) is -3.19. The van der Waals surface area contributed by atoms with Gasteiger partial charge >= 0.3 is 0 Å². The Bertz CT molecular complexity index is 539. The third-order valence-corrected chi connectivity index (χ3v) is 5.53. The van der Waals surface area contributed by atoms with E-state index < -0.39 is 9.84 Å². The summed E-state index contributed by atoms with van der Waals surface area (Å²) in [5.74, 6) is 0.208. The Morgan fingerprint density at radius 2 is 2.00 bits per heavy atom. The second kappa shape index (κ2) is 6.59. The third-order valence-electron chi connectivity index (χ3n) is 3.57. The second-order valence-corrected chi connectivity index (χ2v) is 7.43. The highest BCUT2D eigenvalue weighted by atomic mass is 32.2. The van der Waals surface area contributed by atoms with Gasteiger partial charge in [-0.25, -0.2) is 8.42 Å². The molecule has 0 spiro atoms. The minimum absolute atomic E-state index is 0.208. The molecule has 0 aliphatic heterocycles. The molecule has 0 saturated heterocycles. The fourth-order valence-corrected chi connectivity index (χ4v) is 4.03. The number of sulfone groups is 1. The average molecular weight is 296 g/mol. The lowest BCUT2D eigenvalue weighted by Crippen LogP contribution is -2.30. The monoisotopic (exact) mass is 296 g/mol. The van der Waals surface area contributed by atoms with Crippen molar-refractivity contribution < 1.29 is 8.42 Å². The third kappa shape index (κ3) is 3.52. The number of hydrogen-bond donors (Lipinski definition) is 1. The molecule has 0 amide bonds. The van der Waals surface area contributed by atoms with Crippen LogP contribution >= 0.6 is 0 Å². The van der Waals surface area contributed by atoms with Crippen molar-refractivity contribution in [3.8, 4) is 0 Å². The van der Waals surface area contributed by atoms with Crippen LogP contribution < -0.4 is 10.6 Å². The van der Waals surface area contributed by atoms with Crippen LogP contribution in [0, 0.1) is 0 Å². The standard InChI is InChI=1S/C15H24N2O2S/c1-2-12-20(18,19)15-7-4-3-6-14(15)17(11-5-10-16)13-8-9-13/h3-4,6-7,13H,2,5,8-12,16H2,1H3. The fourth-order valence-electron chi connectivity index (χ4n) is 2.48. The largest absolute Gasteiger partial charge is 0.367 e. The average Bonchev–Trinajstić information content (AvgIpc) is 3.24. The Hall–Kier alpha value is -1.07. The van der Waals surface area contributed by atoms with Gasteiger partial charge < -0.3 is 10.6 Å². The van der Waals surface area contributed by atoms with Crippen LogP contribution in [-0.2, 0) is 9.84 Å². The first-order valence-corrected chi connectivity index (χ1v) is 9.04. The van der Waals surface area contributed by atoms with Crippen molar-refractivity contribution in [3.63, 3.8) is 0 Å². The summed E-state index contributed by atoms with van der Waals surface area (Å²) < 4.78 is 24.8. The highest BCUT2D eigenvalue weighted by Crippen LogP contribution is 2.35. The number of hydrogen-bond acceptors (Lipinski definition) is 4. The van der Waals surface area contributed by atoms with E-state index in [0.29, 0.717) is 23.9 Å². The first kappa shape index (κ1) is 15.3. The van der Waals surface area contributed by atoms with E-state index in [0.717, 1.165) is 31.5 Å². The van der Waals surface area contributed by atoms with E-state index >= 15 is 0 Å². The highest BCUT2D eigenvalue weighted by molar-refractivity contribution is 7.91. The molecule has 2 rings (SSSR count). The Kier molecular flexibility index (Phi) is 5.05. The van der Waals surface area contributed by atoms with Gasteiger partial charge in [0, 0.05) is 12.6 Å². The van der Waals surface area contributed by atoms with Gasteiger partial charge in [0.05, 0.1) is 16.3 Å². The first-order valence-electron chi connectivity index (χ1n) is 7.38. The van der Waals surface area contributed by atoms with Gasteiger partial charge in [0.25, 0.3) is 0 Å². The number of nitrogens with two attached hydrogens (primary N) is 1. The first-order chi connectivity index (χ1) is 9.60. The van der Waals surface area contributed by atoms with E-state index in [2.05, 4.69) is 4.90 Å². The minimum atomic E-state index is -3.19. The Balaban J connectivity index is 2.34. The highest BCUT2D eigenvalue weighted by Gasteiger charge is 2.31. The van der Waals surface area contributed by atoms with Gasteiger partial charge in [0.15, 0.2) is 9.84 Å². The zero-order valence-electron chi connectivity index (χ0n) is 12.1. The lowest BCUT2D eigenvalue weighted by atomic mass is 10.2. The molecule has 2 N–H and O–H groups in total. The van der Waals surface area contributed by atoms with Crippen molar-refractivity contribution in [2.45, 2.75) is 43.5 Å². The molecule has 112 valence electrons. The summed E-state index contributed by atoms with van der Waals surface area (Å²) in [6, 6.07) is 7.87. The van der Waals surface area contributed by atoms with Crippen molar-refractivity contribution in [1.82, 2.24) is 0 Å². The molecule has 1 aromatic rings. The van der Waals surface area contributed by atoms with Crippen LogP contribution in [0.15, 0.2) is 29.2 Å². The molecule has 0 atom stereocenters. The normalized spacial score (nSPS) is 15.3. The molecule has 0 bridgehead atoms. The summed E-state index contributed by atoms with van der Waals surface area (Å²) in [6.07, 6.45) is 3.82. The van der Waals surface area contributed by atoms with E-state index in [1.165, 1.54) is 0 Å². The molecule has 1 aromatic carbocycles. The van der Waals surface area contributed by atoms with Gasteiger partial charge in [-0.1, -0.05) is 19.1 Å². The molecular weight excluding hydrogens is 272 g/mol. The summed E-state index contributed by atoms with van der Waals surface area (Å²) in [6.45, 7) is 3.36. The van der Waals surface area contributed by atoms with Crippen LogP contribution in [0.4, 0.5) is 5.69 Å². The number of nitrogens with zero attached hydrogens (tertiary/aromatic N) is 1. The van der Waals surface area contributed by atoms with Crippen molar-refractivity contribution in [1.29, 1.82) is 0 Å². The SMILES string of the molecule is CCCS(=O)(=O)c1ccccc1N(CCCN)C1CC1. The molecule has 0 aromatic heterocycles. The van der Waals surface area contributed by atoms with Crippen LogP contribution in [0.25, 0.3) is 0 Å². The van der Waals surface area contributed by atoms with Crippen molar-refractivity contribution in [2.75, 3.05) is 23.7 Å². The summed E-state index contributed by atoms with van der Waals surface area (Å²) in [5.41, 5.74) is 6.46. The maximum atomic E-state index is 12.4. The van der Waals surface area contributed by atoms with Gasteiger partial charge in [-0.2, -0.15) is 0 Å². The summed E-state index contributed by atoms with van der Waals surface area (Å²) >= 11 is 0. The number of para-hydroxylation sites is 1. The zero-order chi connectivity index (χ0) is 14.6. The van der Waals surface area contributed by atoms with Crippen molar-refractivity contribution in [2.24, 2.45) is 5.73 Å². The lowest BCUT2D eigenvalue weighted by Gasteiger charge is -2.26. The van der Waals surface area contributed by atoms with Crippen molar-refractivity contribution in [3.05, 3.63) is 24.3 Å². The van der Waals surface area contributed by atoms with Crippen LogP contribution in [0.1, 0.15) is 32.6 Å². The maximum absolute atomic E-state index is 12.4. The Labute approximate surface area is 121 Å². The quantitative estimate of drug-likeness (QED) is 0.798. The number of anilines is 1. The van der Waals surface area contributed by atoms with Crippen LogP contribution in [0.3, 0.4) is 0 Å². The van der Waals surface area contributed by atoms with Gasteiger partial charge in [0.1, 0.15) is 0 Å². The Morgan fingerprint density at radius 1 is 1.30 bits per heavy atom. The molecular formula is C15H24N2O2S. The zero-order valence-corrected chi connectivity index (χ0v) is 12.9. The molecule has 1 aliphatic carbocycles. The summed E-state index contributed by atoms with van der Waals surface area (Å²) in [4.78, 5) is 2.71. The minimum Gasteiger partial charge on any atom is -0.367 e. The van der Waals surface area contributed by atoms with E-state index in [1.807, 2.05) is 19.1 Å². The van der Waals surface area contributed by atoms with E-state index in [4.69, 9.17) is 5.73 Å². The molecule has 0 radical (unpaired) electrons. The van der Waals surface area contributed by atoms with Crippen LogP contribution in [-0.4, -0.2) is 33.3 Å². The smallest absolute Gasteiger partial charge is 0.180 e. The molecule has 0 heterocycles. The predicted molar refractivity (Wildman–Crippen MR) is 82.8 cm³/mol. The van der Waals surface area contributed by atoms with Crippen LogP contribution in [0.5, 0.6) is 0 Å². The van der Waals surface area contributed by atoms with Crippen molar-refractivity contribution >= 4 is 15.5 Å².